The van der Waals surface area contributed by atoms with Crippen LogP contribution < -0.4 is 10.4 Å². The minimum absolute atomic E-state index is 0.0343. The van der Waals surface area contributed by atoms with Crippen LogP contribution in [-0.4, -0.2) is 43.2 Å². The molecule has 2 heterocycles. The topological polar surface area (TPSA) is 69.0 Å². The van der Waals surface area contributed by atoms with E-state index in [9.17, 15) is 9.59 Å². The van der Waals surface area contributed by atoms with Gasteiger partial charge in [0, 0.05) is 18.5 Å². The Bertz CT molecular complexity index is 787. The molecule has 1 aromatic heterocycles. The molecule has 0 unspecified atom stereocenters. The van der Waals surface area contributed by atoms with Gasteiger partial charge >= 0.3 is 5.63 Å². The van der Waals surface area contributed by atoms with Crippen molar-refractivity contribution in [3.05, 3.63) is 40.2 Å². The lowest BCUT2D eigenvalue weighted by molar-refractivity contribution is -0.0587. The summed E-state index contributed by atoms with van der Waals surface area (Å²) >= 11 is 0. The molecule has 0 saturated carbocycles. The highest BCUT2D eigenvalue weighted by atomic mass is 16.5. The highest BCUT2D eigenvalue weighted by Gasteiger charge is 2.28. The van der Waals surface area contributed by atoms with Crippen LogP contribution in [0.5, 0.6) is 5.75 Å². The average Bonchev–Trinajstić information content (AvgIpc) is 2.52. The molecule has 1 aliphatic heterocycles. The van der Waals surface area contributed by atoms with Gasteiger partial charge in [-0.15, -0.1) is 0 Å². The molecule has 1 saturated heterocycles. The van der Waals surface area contributed by atoms with Crippen molar-refractivity contribution in [2.75, 3.05) is 20.2 Å². The summed E-state index contributed by atoms with van der Waals surface area (Å²) in [6, 6.07) is 6.84. The van der Waals surface area contributed by atoms with E-state index in [1.165, 1.54) is 7.11 Å². The molecular formula is C17H19NO5. The molecule has 0 spiro atoms. The zero-order chi connectivity index (χ0) is 16.6. The van der Waals surface area contributed by atoms with Crippen molar-refractivity contribution in [3.63, 3.8) is 0 Å². The molecule has 2 aromatic rings. The number of morpholine rings is 1. The maximum atomic E-state index is 12.7. The van der Waals surface area contributed by atoms with Crippen LogP contribution in [0.25, 0.3) is 11.0 Å². The molecule has 1 aromatic carbocycles. The van der Waals surface area contributed by atoms with E-state index in [-0.39, 0.29) is 23.7 Å². The fourth-order valence-corrected chi connectivity index (χ4v) is 2.94. The van der Waals surface area contributed by atoms with Gasteiger partial charge in [-0.1, -0.05) is 12.1 Å². The molecule has 3 rings (SSSR count). The Morgan fingerprint density at radius 3 is 2.61 bits per heavy atom. The second kappa shape index (κ2) is 6.04. The Kier molecular flexibility index (Phi) is 4.09. The molecule has 0 N–H and O–H groups in total. The number of carbonyl (C=O) groups is 1. The van der Waals surface area contributed by atoms with Crippen LogP contribution in [0, 0.1) is 0 Å². The summed E-state index contributed by atoms with van der Waals surface area (Å²) in [5.74, 6) is 0.137. The van der Waals surface area contributed by atoms with Gasteiger partial charge in [0.2, 0.25) is 0 Å². The Morgan fingerprint density at radius 2 is 1.96 bits per heavy atom. The standard InChI is InChI=1S/C17H19NO5/c1-10-8-18(9-11(2)22-10)16(19)13-7-12-5-4-6-14(21-3)15(12)23-17(13)20/h4-7,10-11H,8-9H2,1-3H3/t10-,11-/m1/s1. The molecule has 2 atom stereocenters. The number of benzene rings is 1. The quantitative estimate of drug-likeness (QED) is 0.793. The summed E-state index contributed by atoms with van der Waals surface area (Å²) in [7, 11) is 1.50. The van der Waals surface area contributed by atoms with Crippen molar-refractivity contribution in [1.82, 2.24) is 4.90 Å². The third kappa shape index (κ3) is 2.94. The van der Waals surface area contributed by atoms with Crippen LogP contribution in [0.2, 0.25) is 0 Å². The number of methoxy groups -OCH3 is 1. The van der Waals surface area contributed by atoms with Crippen LogP contribution in [0.3, 0.4) is 0 Å². The number of fused-ring (bicyclic) bond motifs is 1. The molecule has 23 heavy (non-hydrogen) atoms. The summed E-state index contributed by atoms with van der Waals surface area (Å²) in [6.07, 6.45) is -0.120. The fourth-order valence-electron chi connectivity index (χ4n) is 2.94. The van der Waals surface area contributed by atoms with E-state index in [2.05, 4.69) is 0 Å². The first-order valence-corrected chi connectivity index (χ1v) is 7.55. The summed E-state index contributed by atoms with van der Waals surface area (Å²) in [4.78, 5) is 26.6. The van der Waals surface area contributed by atoms with E-state index < -0.39 is 5.63 Å². The minimum atomic E-state index is -0.654. The van der Waals surface area contributed by atoms with Crippen LogP contribution in [0.15, 0.2) is 33.5 Å². The van der Waals surface area contributed by atoms with Crippen LogP contribution in [0.4, 0.5) is 0 Å². The largest absolute Gasteiger partial charge is 0.493 e. The molecule has 1 aliphatic rings. The molecule has 0 radical (unpaired) electrons. The number of carbonyl (C=O) groups excluding carboxylic acids is 1. The third-order valence-corrected chi connectivity index (χ3v) is 3.88. The third-order valence-electron chi connectivity index (χ3n) is 3.88. The summed E-state index contributed by atoms with van der Waals surface area (Å²) < 4.78 is 16.1. The normalized spacial score (nSPS) is 21.4. The van der Waals surface area contributed by atoms with Gasteiger partial charge in [-0.05, 0) is 26.0 Å². The van der Waals surface area contributed by atoms with Crippen molar-refractivity contribution in [2.24, 2.45) is 0 Å². The van der Waals surface area contributed by atoms with Crippen molar-refractivity contribution in [3.8, 4) is 5.75 Å². The predicted molar refractivity (Wildman–Crippen MR) is 84.9 cm³/mol. The number of amides is 1. The van der Waals surface area contributed by atoms with E-state index in [0.717, 1.165) is 0 Å². The van der Waals surface area contributed by atoms with E-state index in [0.29, 0.717) is 29.8 Å². The zero-order valence-corrected chi connectivity index (χ0v) is 13.4. The number of rotatable bonds is 2. The Hall–Kier alpha value is -2.34. The van der Waals surface area contributed by atoms with Crippen molar-refractivity contribution in [2.45, 2.75) is 26.1 Å². The monoisotopic (exact) mass is 317 g/mol. The number of nitrogens with zero attached hydrogens (tertiary/aromatic N) is 1. The second-order valence-corrected chi connectivity index (χ2v) is 5.79. The van der Waals surface area contributed by atoms with Crippen LogP contribution in [-0.2, 0) is 4.74 Å². The molecule has 122 valence electrons. The van der Waals surface area contributed by atoms with Gasteiger partial charge in [-0.2, -0.15) is 0 Å². The van der Waals surface area contributed by atoms with E-state index in [1.54, 1.807) is 29.2 Å². The summed E-state index contributed by atoms with van der Waals surface area (Å²) in [5.41, 5.74) is -0.272. The molecule has 6 nitrogen and oxygen atoms in total. The highest BCUT2D eigenvalue weighted by molar-refractivity contribution is 5.97. The number of ether oxygens (including phenoxy) is 2. The van der Waals surface area contributed by atoms with Gasteiger partial charge in [0.1, 0.15) is 5.56 Å². The Labute approximate surface area is 133 Å². The van der Waals surface area contributed by atoms with Gasteiger partial charge in [0.05, 0.1) is 19.3 Å². The van der Waals surface area contributed by atoms with Crippen LogP contribution in [0.1, 0.15) is 24.2 Å². The highest BCUT2D eigenvalue weighted by Crippen LogP contribution is 2.25. The van der Waals surface area contributed by atoms with Gasteiger partial charge < -0.3 is 18.8 Å². The summed E-state index contributed by atoms with van der Waals surface area (Å²) in [6.45, 7) is 4.73. The number of hydrogen-bond acceptors (Lipinski definition) is 5. The number of hydrogen-bond donors (Lipinski definition) is 0. The van der Waals surface area contributed by atoms with E-state index >= 15 is 0 Å². The van der Waals surface area contributed by atoms with Gasteiger partial charge in [-0.3, -0.25) is 4.79 Å². The molecule has 0 bridgehead atoms. The van der Waals surface area contributed by atoms with Crippen molar-refractivity contribution in [1.29, 1.82) is 0 Å². The lowest BCUT2D eigenvalue weighted by Crippen LogP contribution is -2.49. The molecular weight excluding hydrogens is 298 g/mol. The molecule has 1 fully saturated rings. The maximum Gasteiger partial charge on any atom is 0.349 e. The minimum Gasteiger partial charge on any atom is -0.493 e. The lowest BCUT2D eigenvalue weighted by atomic mass is 10.1. The SMILES string of the molecule is COc1cccc2cc(C(=O)N3C[C@@H](C)O[C@H](C)C3)c(=O)oc12. The van der Waals surface area contributed by atoms with Crippen molar-refractivity contribution >= 4 is 16.9 Å². The second-order valence-electron chi connectivity index (χ2n) is 5.79. The molecule has 0 aliphatic carbocycles. The van der Waals surface area contributed by atoms with Gasteiger partial charge in [0.25, 0.3) is 5.91 Å². The first kappa shape index (κ1) is 15.6. The maximum absolute atomic E-state index is 12.7. The van der Waals surface area contributed by atoms with Crippen molar-refractivity contribution < 1.29 is 18.7 Å². The van der Waals surface area contributed by atoms with Gasteiger partial charge in [0.15, 0.2) is 11.3 Å². The molecule has 6 heteroatoms. The summed E-state index contributed by atoms with van der Waals surface area (Å²) in [5, 5.41) is 0.654. The smallest absolute Gasteiger partial charge is 0.349 e. The van der Waals surface area contributed by atoms with E-state index in [4.69, 9.17) is 13.9 Å². The predicted octanol–water partition coefficient (Wildman–Crippen LogP) is 2.05. The first-order chi connectivity index (χ1) is 11.0. The van der Waals surface area contributed by atoms with Gasteiger partial charge in [-0.25, -0.2) is 4.79 Å². The van der Waals surface area contributed by atoms with Crippen LogP contribution >= 0.6 is 0 Å². The average molecular weight is 317 g/mol. The fraction of sp³-hybridized carbons (Fsp3) is 0.412. The Balaban J connectivity index is 2.01. The first-order valence-electron chi connectivity index (χ1n) is 7.55. The molecule has 1 amide bonds. The Morgan fingerprint density at radius 1 is 1.26 bits per heavy atom. The lowest BCUT2D eigenvalue weighted by Gasteiger charge is -2.35. The number of para-hydroxylation sites is 1. The van der Waals surface area contributed by atoms with E-state index in [1.807, 2.05) is 13.8 Å². The zero-order valence-electron chi connectivity index (χ0n) is 13.4.